The van der Waals surface area contributed by atoms with Crippen molar-refractivity contribution in [1.82, 2.24) is 9.44 Å². The van der Waals surface area contributed by atoms with Crippen LogP contribution in [0.2, 0.25) is 0 Å². The smallest absolute Gasteiger partial charge is 0.277 e. The van der Waals surface area contributed by atoms with E-state index in [9.17, 15) is 8.42 Å². The summed E-state index contributed by atoms with van der Waals surface area (Å²) >= 11 is 0. The molecule has 0 amide bonds. The van der Waals surface area contributed by atoms with E-state index in [4.69, 9.17) is 5.73 Å². The normalized spacial score (nSPS) is 19.6. The largest absolute Gasteiger partial charge is 0.399 e. The average Bonchev–Trinajstić information content (AvgIpc) is 2.24. The van der Waals surface area contributed by atoms with Crippen LogP contribution in [0.1, 0.15) is 50.8 Å². The van der Waals surface area contributed by atoms with Crippen molar-refractivity contribution < 1.29 is 8.42 Å². The van der Waals surface area contributed by atoms with Gasteiger partial charge >= 0.3 is 0 Å². The Morgan fingerprint density at radius 1 is 1.30 bits per heavy atom. The van der Waals surface area contributed by atoms with Crippen molar-refractivity contribution in [3.63, 3.8) is 0 Å². The van der Waals surface area contributed by atoms with Crippen LogP contribution in [-0.4, -0.2) is 14.0 Å². The summed E-state index contributed by atoms with van der Waals surface area (Å²) in [4.78, 5) is 0. The fourth-order valence-electron chi connectivity index (χ4n) is 2.58. The maximum Gasteiger partial charge on any atom is 0.277 e. The van der Waals surface area contributed by atoms with Crippen LogP contribution in [0.15, 0.2) is 18.2 Å². The van der Waals surface area contributed by atoms with Crippen LogP contribution < -0.4 is 15.2 Å². The van der Waals surface area contributed by atoms with Gasteiger partial charge in [0.25, 0.3) is 10.2 Å². The highest BCUT2D eigenvalue weighted by Gasteiger charge is 2.27. The molecule has 6 heteroatoms. The van der Waals surface area contributed by atoms with Gasteiger partial charge < -0.3 is 5.73 Å². The lowest BCUT2D eigenvalue weighted by Crippen LogP contribution is -2.48. The minimum absolute atomic E-state index is 0.181. The van der Waals surface area contributed by atoms with Crippen LogP contribution in [0, 0.1) is 0 Å². The number of nitrogens with one attached hydrogen (secondary N) is 2. The molecule has 1 unspecified atom stereocenters. The number of fused-ring (bicyclic) bond motifs is 1. The Morgan fingerprint density at radius 3 is 2.65 bits per heavy atom. The number of benzene rings is 1. The third kappa shape index (κ3) is 3.94. The van der Waals surface area contributed by atoms with Crippen molar-refractivity contribution in [1.29, 1.82) is 0 Å². The molecule has 1 aliphatic carbocycles. The summed E-state index contributed by atoms with van der Waals surface area (Å²) in [6.45, 7) is 5.46. The van der Waals surface area contributed by atoms with Gasteiger partial charge in [-0.25, -0.2) is 0 Å². The van der Waals surface area contributed by atoms with Gasteiger partial charge in [0.15, 0.2) is 0 Å². The highest BCUT2D eigenvalue weighted by Crippen LogP contribution is 2.31. The Kier molecular flexibility index (Phi) is 4.09. The number of anilines is 1. The molecule has 0 saturated heterocycles. The second-order valence-corrected chi connectivity index (χ2v) is 7.82. The van der Waals surface area contributed by atoms with Crippen LogP contribution in [0.25, 0.3) is 0 Å². The predicted molar refractivity (Wildman–Crippen MR) is 81.5 cm³/mol. The highest BCUT2D eigenvalue weighted by atomic mass is 32.2. The predicted octanol–water partition coefficient (Wildman–Crippen LogP) is 1.87. The Labute approximate surface area is 121 Å². The van der Waals surface area contributed by atoms with E-state index >= 15 is 0 Å². The second-order valence-electron chi connectivity index (χ2n) is 6.38. The summed E-state index contributed by atoms with van der Waals surface area (Å²) in [6.07, 6.45) is 2.71. The minimum atomic E-state index is -3.52. The quantitative estimate of drug-likeness (QED) is 0.745. The molecule has 0 aliphatic heterocycles. The first-order chi connectivity index (χ1) is 9.16. The van der Waals surface area contributed by atoms with E-state index in [1.165, 1.54) is 0 Å². The molecule has 0 bridgehead atoms. The van der Waals surface area contributed by atoms with Crippen LogP contribution >= 0.6 is 0 Å². The van der Waals surface area contributed by atoms with E-state index in [-0.39, 0.29) is 6.04 Å². The van der Waals surface area contributed by atoms with Gasteiger partial charge in [0, 0.05) is 17.3 Å². The SMILES string of the molecule is CC(C)(C)NS(=O)(=O)NC1CCCc2cc(N)ccc21. The molecule has 0 aromatic heterocycles. The third-order valence-corrected chi connectivity index (χ3v) is 4.70. The van der Waals surface area contributed by atoms with Crippen molar-refractivity contribution in [3.05, 3.63) is 29.3 Å². The van der Waals surface area contributed by atoms with Crippen molar-refractivity contribution in [2.45, 2.75) is 51.6 Å². The molecule has 5 nitrogen and oxygen atoms in total. The molecule has 0 fully saturated rings. The monoisotopic (exact) mass is 297 g/mol. The number of rotatable bonds is 3. The van der Waals surface area contributed by atoms with Gasteiger partial charge in [0.05, 0.1) is 0 Å². The summed E-state index contributed by atoms with van der Waals surface area (Å²) in [5.74, 6) is 0. The van der Waals surface area contributed by atoms with E-state index in [0.717, 1.165) is 36.1 Å². The van der Waals surface area contributed by atoms with E-state index in [1.807, 2.05) is 39.0 Å². The zero-order valence-corrected chi connectivity index (χ0v) is 13.0. The van der Waals surface area contributed by atoms with Crippen LogP contribution in [-0.2, 0) is 16.6 Å². The summed E-state index contributed by atoms with van der Waals surface area (Å²) in [5.41, 5.74) is 8.18. The Hall–Kier alpha value is -1.11. The van der Waals surface area contributed by atoms with Gasteiger partial charge in [-0.15, -0.1) is 0 Å². The lowest BCUT2D eigenvalue weighted by atomic mass is 9.88. The Balaban J connectivity index is 2.20. The molecule has 1 aromatic carbocycles. The number of hydrogen-bond donors (Lipinski definition) is 3. The standard InChI is InChI=1S/C14H23N3O2S/c1-14(2,3)17-20(18,19)16-13-6-4-5-10-9-11(15)7-8-12(10)13/h7-9,13,16-17H,4-6,15H2,1-3H3. The van der Waals surface area contributed by atoms with E-state index in [2.05, 4.69) is 9.44 Å². The van der Waals surface area contributed by atoms with Crippen molar-refractivity contribution >= 4 is 15.9 Å². The highest BCUT2D eigenvalue weighted by molar-refractivity contribution is 7.87. The van der Waals surface area contributed by atoms with Gasteiger partial charge in [-0.05, 0) is 63.3 Å². The number of nitrogens with two attached hydrogens (primary N) is 1. The van der Waals surface area contributed by atoms with Gasteiger partial charge in [0.1, 0.15) is 0 Å². The lowest BCUT2D eigenvalue weighted by Gasteiger charge is -2.28. The van der Waals surface area contributed by atoms with E-state index < -0.39 is 15.7 Å². The maximum atomic E-state index is 12.1. The van der Waals surface area contributed by atoms with Crippen molar-refractivity contribution in [2.75, 3.05) is 5.73 Å². The van der Waals surface area contributed by atoms with Crippen molar-refractivity contribution in [3.8, 4) is 0 Å². The van der Waals surface area contributed by atoms with E-state index in [1.54, 1.807) is 0 Å². The van der Waals surface area contributed by atoms with Gasteiger partial charge in [-0.2, -0.15) is 17.9 Å². The van der Waals surface area contributed by atoms with Crippen LogP contribution in [0.3, 0.4) is 0 Å². The van der Waals surface area contributed by atoms with Crippen molar-refractivity contribution in [2.24, 2.45) is 0 Å². The average molecular weight is 297 g/mol. The summed E-state index contributed by atoms with van der Waals surface area (Å²) in [6, 6.07) is 5.50. The molecule has 1 aromatic rings. The first-order valence-electron chi connectivity index (χ1n) is 6.86. The maximum absolute atomic E-state index is 12.1. The summed E-state index contributed by atoms with van der Waals surface area (Å²) < 4.78 is 29.7. The molecule has 2 rings (SSSR count). The zero-order valence-electron chi connectivity index (χ0n) is 12.2. The van der Waals surface area contributed by atoms with Gasteiger partial charge in [-0.3, -0.25) is 0 Å². The zero-order chi connectivity index (χ0) is 15.0. The van der Waals surface area contributed by atoms with Gasteiger partial charge in [0.2, 0.25) is 0 Å². The third-order valence-electron chi connectivity index (χ3n) is 3.22. The number of aryl methyl sites for hydroxylation is 1. The van der Waals surface area contributed by atoms with Crippen LogP contribution in [0.4, 0.5) is 5.69 Å². The molecular formula is C14H23N3O2S. The lowest BCUT2D eigenvalue weighted by molar-refractivity contribution is 0.461. The topological polar surface area (TPSA) is 84.2 Å². The fourth-order valence-corrected chi connectivity index (χ4v) is 4.06. The molecule has 0 spiro atoms. The van der Waals surface area contributed by atoms with Crippen LogP contribution in [0.5, 0.6) is 0 Å². The van der Waals surface area contributed by atoms with E-state index in [0.29, 0.717) is 0 Å². The summed E-state index contributed by atoms with van der Waals surface area (Å²) in [7, 11) is -3.52. The van der Waals surface area contributed by atoms with Gasteiger partial charge in [-0.1, -0.05) is 6.07 Å². The first-order valence-corrected chi connectivity index (χ1v) is 8.34. The molecular weight excluding hydrogens is 274 g/mol. The fraction of sp³-hybridized carbons (Fsp3) is 0.571. The summed E-state index contributed by atoms with van der Waals surface area (Å²) in [5, 5.41) is 0. The molecule has 0 radical (unpaired) electrons. The second kappa shape index (κ2) is 5.35. The number of hydrogen-bond acceptors (Lipinski definition) is 3. The number of nitrogen functional groups attached to an aromatic ring is 1. The molecule has 1 atom stereocenters. The molecule has 4 N–H and O–H groups in total. The first kappa shape index (κ1) is 15.3. The molecule has 20 heavy (non-hydrogen) atoms. The minimum Gasteiger partial charge on any atom is -0.399 e. The molecule has 0 heterocycles. The molecule has 1 aliphatic rings. The Bertz CT molecular complexity index is 591. The Morgan fingerprint density at radius 2 is 2.00 bits per heavy atom. The molecule has 112 valence electrons. The molecule has 0 saturated carbocycles.